The summed E-state index contributed by atoms with van der Waals surface area (Å²) in [5.74, 6) is 1.09. The largest absolute Gasteiger partial charge is 0.493 e. The molecule has 1 atom stereocenters. The average molecular weight is 281 g/mol. The van der Waals surface area contributed by atoms with E-state index in [1.807, 2.05) is 7.05 Å². The van der Waals surface area contributed by atoms with Crippen LogP contribution in [0.15, 0.2) is 36.4 Å². The predicted molar refractivity (Wildman–Crippen MR) is 87.1 cm³/mol. The molecule has 1 unspecified atom stereocenters. The molecule has 0 saturated heterocycles. The van der Waals surface area contributed by atoms with Gasteiger partial charge in [-0.05, 0) is 56.0 Å². The Morgan fingerprint density at radius 1 is 1.05 bits per heavy atom. The van der Waals surface area contributed by atoms with E-state index in [4.69, 9.17) is 4.74 Å². The number of nitrogens with one attached hydrogen (secondary N) is 1. The Morgan fingerprint density at radius 3 is 2.62 bits per heavy atom. The van der Waals surface area contributed by atoms with E-state index >= 15 is 0 Å². The Balaban J connectivity index is 2.11. The van der Waals surface area contributed by atoms with Crippen LogP contribution in [0.2, 0.25) is 0 Å². The van der Waals surface area contributed by atoms with Crippen molar-refractivity contribution in [3.05, 3.63) is 64.2 Å². The van der Waals surface area contributed by atoms with Gasteiger partial charge in [-0.1, -0.05) is 36.4 Å². The summed E-state index contributed by atoms with van der Waals surface area (Å²) in [6, 6.07) is 13.2. The summed E-state index contributed by atoms with van der Waals surface area (Å²) in [5.41, 5.74) is 6.61. The van der Waals surface area contributed by atoms with Crippen LogP contribution < -0.4 is 10.1 Å². The van der Waals surface area contributed by atoms with E-state index < -0.39 is 0 Å². The number of fused-ring (bicyclic) bond motifs is 1. The van der Waals surface area contributed by atoms with Gasteiger partial charge in [-0.25, -0.2) is 0 Å². The molecule has 1 aliphatic heterocycles. The number of hydrogen-bond acceptors (Lipinski definition) is 2. The Morgan fingerprint density at radius 2 is 1.81 bits per heavy atom. The Labute approximate surface area is 127 Å². The summed E-state index contributed by atoms with van der Waals surface area (Å²) in [4.78, 5) is 0. The highest BCUT2D eigenvalue weighted by Crippen LogP contribution is 2.36. The van der Waals surface area contributed by atoms with Crippen LogP contribution in [0.5, 0.6) is 5.75 Å². The second-order valence-electron chi connectivity index (χ2n) is 5.80. The first kappa shape index (κ1) is 14.2. The first-order chi connectivity index (χ1) is 10.2. The SMILES string of the molecule is CNC(c1cccc(C)c1C)c1cccc2c1OCCC2. The molecule has 0 spiro atoms. The number of ether oxygens (including phenoxy) is 1. The molecule has 2 aromatic carbocycles. The molecule has 1 heterocycles. The van der Waals surface area contributed by atoms with Gasteiger partial charge in [-0.2, -0.15) is 0 Å². The summed E-state index contributed by atoms with van der Waals surface area (Å²) >= 11 is 0. The van der Waals surface area contributed by atoms with Crippen molar-refractivity contribution in [1.82, 2.24) is 5.32 Å². The monoisotopic (exact) mass is 281 g/mol. The van der Waals surface area contributed by atoms with Gasteiger partial charge < -0.3 is 10.1 Å². The average Bonchev–Trinajstić information content (AvgIpc) is 2.52. The number of hydrogen-bond donors (Lipinski definition) is 1. The second kappa shape index (κ2) is 5.90. The molecule has 1 aliphatic rings. The standard InChI is InChI=1S/C19H23NO/c1-13-7-4-10-16(14(13)2)18(20-3)17-11-5-8-15-9-6-12-21-19(15)17/h4-5,7-8,10-11,18,20H,6,9,12H2,1-3H3. The highest BCUT2D eigenvalue weighted by Gasteiger charge is 2.22. The maximum Gasteiger partial charge on any atom is 0.127 e. The third kappa shape index (κ3) is 2.56. The van der Waals surface area contributed by atoms with Gasteiger partial charge in [-0.3, -0.25) is 0 Å². The van der Waals surface area contributed by atoms with Gasteiger partial charge in [0.1, 0.15) is 5.75 Å². The van der Waals surface area contributed by atoms with E-state index in [0.717, 1.165) is 25.2 Å². The summed E-state index contributed by atoms with van der Waals surface area (Å²) < 4.78 is 5.99. The van der Waals surface area contributed by atoms with Crippen LogP contribution in [0.1, 0.15) is 40.3 Å². The number of para-hydroxylation sites is 1. The van der Waals surface area contributed by atoms with Gasteiger partial charge >= 0.3 is 0 Å². The van der Waals surface area contributed by atoms with Gasteiger partial charge in [0.2, 0.25) is 0 Å². The van der Waals surface area contributed by atoms with Gasteiger partial charge in [0, 0.05) is 5.56 Å². The molecule has 110 valence electrons. The van der Waals surface area contributed by atoms with Crippen molar-refractivity contribution in [2.24, 2.45) is 0 Å². The van der Waals surface area contributed by atoms with Crippen LogP contribution in [0.3, 0.4) is 0 Å². The molecule has 3 rings (SSSR count). The van der Waals surface area contributed by atoms with Crippen molar-refractivity contribution < 1.29 is 4.74 Å². The molecule has 2 heteroatoms. The van der Waals surface area contributed by atoms with E-state index in [9.17, 15) is 0 Å². The molecule has 0 aliphatic carbocycles. The lowest BCUT2D eigenvalue weighted by molar-refractivity contribution is 0.283. The molecule has 0 amide bonds. The lowest BCUT2D eigenvalue weighted by Gasteiger charge is -2.26. The maximum atomic E-state index is 5.99. The number of benzene rings is 2. The molecule has 1 N–H and O–H groups in total. The van der Waals surface area contributed by atoms with E-state index in [1.165, 1.54) is 27.8 Å². The number of aryl methyl sites for hydroxylation is 2. The molecular weight excluding hydrogens is 258 g/mol. The predicted octanol–water partition coefficient (Wildman–Crippen LogP) is 3.94. The fourth-order valence-electron chi connectivity index (χ4n) is 3.21. The summed E-state index contributed by atoms with van der Waals surface area (Å²) in [6.45, 7) is 5.20. The van der Waals surface area contributed by atoms with Crippen LogP contribution in [-0.2, 0) is 6.42 Å². The van der Waals surface area contributed by atoms with Crippen molar-refractivity contribution in [2.45, 2.75) is 32.7 Å². The van der Waals surface area contributed by atoms with Crippen molar-refractivity contribution >= 4 is 0 Å². The second-order valence-corrected chi connectivity index (χ2v) is 5.80. The van der Waals surface area contributed by atoms with Gasteiger partial charge in [0.05, 0.1) is 12.6 Å². The van der Waals surface area contributed by atoms with Crippen molar-refractivity contribution in [2.75, 3.05) is 13.7 Å². The fourth-order valence-corrected chi connectivity index (χ4v) is 3.21. The van der Waals surface area contributed by atoms with Crippen LogP contribution >= 0.6 is 0 Å². The summed E-state index contributed by atoms with van der Waals surface area (Å²) in [6.07, 6.45) is 2.23. The first-order valence-corrected chi connectivity index (χ1v) is 7.70. The minimum Gasteiger partial charge on any atom is -0.493 e. The minimum absolute atomic E-state index is 0.179. The Kier molecular flexibility index (Phi) is 3.98. The first-order valence-electron chi connectivity index (χ1n) is 7.70. The molecule has 0 bridgehead atoms. The summed E-state index contributed by atoms with van der Waals surface area (Å²) in [7, 11) is 2.02. The van der Waals surface area contributed by atoms with E-state index in [2.05, 4.69) is 55.6 Å². The van der Waals surface area contributed by atoms with Gasteiger partial charge in [-0.15, -0.1) is 0 Å². The fraction of sp³-hybridized carbons (Fsp3) is 0.368. The molecule has 0 fully saturated rings. The van der Waals surface area contributed by atoms with Crippen LogP contribution in [-0.4, -0.2) is 13.7 Å². The zero-order chi connectivity index (χ0) is 14.8. The minimum atomic E-state index is 0.179. The van der Waals surface area contributed by atoms with Crippen molar-refractivity contribution in [3.8, 4) is 5.75 Å². The number of rotatable bonds is 3. The topological polar surface area (TPSA) is 21.3 Å². The van der Waals surface area contributed by atoms with Crippen LogP contribution in [0.25, 0.3) is 0 Å². The molecule has 2 aromatic rings. The third-order valence-electron chi connectivity index (χ3n) is 4.52. The van der Waals surface area contributed by atoms with E-state index in [1.54, 1.807) is 0 Å². The zero-order valence-corrected chi connectivity index (χ0v) is 13.1. The highest BCUT2D eigenvalue weighted by atomic mass is 16.5. The smallest absolute Gasteiger partial charge is 0.127 e. The third-order valence-corrected chi connectivity index (χ3v) is 4.52. The summed E-state index contributed by atoms with van der Waals surface area (Å²) in [5, 5.41) is 3.47. The van der Waals surface area contributed by atoms with Crippen molar-refractivity contribution in [3.63, 3.8) is 0 Å². The quantitative estimate of drug-likeness (QED) is 0.920. The lowest BCUT2D eigenvalue weighted by Crippen LogP contribution is -2.21. The van der Waals surface area contributed by atoms with Crippen LogP contribution in [0.4, 0.5) is 0 Å². The molecule has 21 heavy (non-hydrogen) atoms. The Hall–Kier alpha value is -1.80. The molecular formula is C19H23NO. The maximum absolute atomic E-state index is 5.99. The highest BCUT2D eigenvalue weighted by molar-refractivity contribution is 5.49. The molecule has 2 nitrogen and oxygen atoms in total. The molecule has 0 radical (unpaired) electrons. The Bertz CT molecular complexity index is 648. The lowest BCUT2D eigenvalue weighted by atomic mass is 9.90. The normalized spacial score (nSPS) is 15.2. The van der Waals surface area contributed by atoms with E-state index in [0.29, 0.717) is 0 Å². The molecule has 0 saturated carbocycles. The van der Waals surface area contributed by atoms with Gasteiger partial charge in [0.15, 0.2) is 0 Å². The zero-order valence-electron chi connectivity index (χ0n) is 13.1. The van der Waals surface area contributed by atoms with Crippen molar-refractivity contribution in [1.29, 1.82) is 0 Å². The molecule has 0 aromatic heterocycles. The van der Waals surface area contributed by atoms with Crippen LogP contribution in [0, 0.1) is 13.8 Å². The van der Waals surface area contributed by atoms with Gasteiger partial charge in [0.25, 0.3) is 0 Å². The van der Waals surface area contributed by atoms with E-state index in [-0.39, 0.29) is 6.04 Å².